The maximum Gasteiger partial charge on any atom is 0.354 e. The number of carbonyl (C=O) groups is 1. The van der Waals surface area contributed by atoms with Gasteiger partial charge in [0.1, 0.15) is 11.4 Å². The van der Waals surface area contributed by atoms with E-state index in [0.717, 1.165) is 5.69 Å². The van der Waals surface area contributed by atoms with Crippen molar-refractivity contribution in [2.45, 2.75) is 0 Å². The first-order valence-electron chi connectivity index (χ1n) is 5.40. The van der Waals surface area contributed by atoms with E-state index in [0.29, 0.717) is 16.5 Å². The minimum atomic E-state index is -1.06. The molecule has 98 valence electrons. The third-order valence-corrected chi connectivity index (χ3v) is 2.72. The first-order chi connectivity index (χ1) is 9.10. The minimum absolute atomic E-state index is 0.00156. The molecular formula is C13H11ClN2O3. The number of rotatable bonds is 4. The molecule has 1 aromatic heterocycles. The van der Waals surface area contributed by atoms with Gasteiger partial charge < -0.3 is 15.2 Å². The lowest BCUT2D eigenvalue weighted by molar-refractivity contribution is 0.0690. The lowest BCUT2D eigenvalue weighted by Gasteiger charge is -2.08. The Bertz CT molecular complexity index is 599. The van der Waals surface area contributed by atoms with Crippen LogP contribution in [-0.4, -0.2) is 23.2 Å². The molecule has 5 nitrogen and oxygen atoms in total. The Kier molecular flexibility index (Phi) is 3.87. The van der Waals surface area contributed by atoms with E-state index in [2.05, 4.69) is 10.3 Å². The molecule has 0 saturated heterocycles. The normalized spacial score (nSPS) is 10.0. The second-order valence-corrected chi connectivity index (χ2v) is 4.12. The van der Waals surface area contributed by atoms with Crippen LogP contribution in [0, 0.1) is 0 Å². The van der Waals surface area contributed by atoms with E-state index in [-0.39, 0.29) is 5.69 Å². The molecule has 19 heavy (non-hydrogen) atoms. The van der Waals surface area contributed by atoms with Crippen LogP contribution >= 0.6 is 11.6 Å². The molecule has 1 heterocycles. The van der Waals surface area contributed by atoms with Gasteiger partial charge in [-0.15, -0.1) is 0 Å². The van der Waals surface area contributed by atoms with Crippen molar-refractivity contribution in [3.63, 3.8) is 0 Å². The summed E-state index contributed by atoms with van der Waals surface area (Å²) in [5.41, 5.74) is 1.43. The number of benzene rings is 1. The molecule has 0 aliphatic rings. The average molecular weight is 279 g/mol. The Morgan fingerprint density at radius 1 is 1.32 bits per heavy atom. The van der Waals surface area contributed by atoms with Gasteiger partial charge in [0.15, 0.2) is 0 Å². The van der Waals surface area contributed by atoms with Gasteiger partial charge in [0, 0.05) is 5.69 Å². The number of carboxylic acids is 1. The highest BCUT2D eigenvalue weighted by Gasteiger charge is 2.05. The molecule has 6 heteroatoms. The van der Waals surface area contributed by atoms with Crippen molar-refractivity contribution in [2.75, 3.05) is 12.4 Å². The number of carboxylic acid groups (broad SMARTS) is 1. The number of methoxy groups -OCH3 is 1. The highest BCUT2D eigenvalue weighted by molar-refractivity contribution is 6.32. The van der Waals surface area contributed by atoms with Crippen LogP contribution in [0.1, 0.15) is 10.5 Å². The second-order valence-electron chi connectivity index (χ2n) is 3.71. The molecule has 2 N–H and O–H groups in total. The summed E-state index contributed by atoms with van der Waals surface area (Å²) in [5.74, 6) is -0.467. The fourth-order valence-corrected chi connectivity index (χ4v) is 1.76. The number of pyridine rings is 1. The predicted molar refractivity (Wildman–Crippen MR) is 72.5 cm³/mol. The van der Waals surface area contributed by atoms with Crippen LogP contribution in [0.5, 0.6) is 5.75 Å². The van der Waals surface area contributed by atoms with E-state index < -0.39 is 5.97 Å². The molecule has 0 aliphatic heterocycles. The largest absolute Gasteiger partial charge is 0.495 e. The minimum Gasteiger partial charge on any atom is -0.495 e. The number of aromatic nitrogens is 1. The second kappa shape index (κ2) is 5.58. The topological polar surface area (TPSA) is 71.5 Å². The molecule has 0 unspecified atom stereocenters. The Labute approximate surface area is 114 Å². The molecule has 0 bridgehead atoms. The van der Waals surface area contributed by atoms with Crippen LogP contribution in [-0.2, 0) is 0 Å². The zero-order valence-corrected chi connectivity index (χ0v) is 10.8. The van der Waals surface area contributed by atoms with E-state index in [1.165, 1.54) is 12.3 Å². The van der Waals surface area contributed by atoms with Crippen molar-refractivity contribution in [1.29, 1.82) is 0 Å². The summed E-state index contributed by atoms with van der Waals surface area (Å²) in [4.78, 5) is 14.5. The Balaban J connectivity index is 2.16. The smallest absolute Gasteiger partial charge is 0.354 e. The van der Waals surface area contributed by atoms with E-state index in [1.807, 2.05) is 0 Å². The van der Waals surface area contributed by atoms with E-state index in [9.17, 15) is 4.79 Å². The zero-order valence-electron chi connectivity index (χ0n) is 10.1. The number of halogens is 1. The molecular weight excluding hydrogens is 268 g/mol. The van der Waals surface area contributed by atoms with Crippen molar-refractivity contribution >= 4 is 28.9 Å². The van der Waals surface area contributed by atoms with Crippen molar-refractivity contribution in [3.8, 4) is 5.75 Å². The molecule has 0 saturated carbocycles. The van der Waals surface area contributed by atoms with Crippen LogP contribution < -0.4 is 10.1 Å². The molecule has 1 aromatic carbocycles. The molecule has 0 atom stereocenters. The number of hydrogen-bond acceptors (Lipinski definition) is 4. The Morgan fingerprint density at radius 3 is 2.58 bits per heavy atom. The van der Waals surface area contributed by atoms with Crippen LogP contribution in [0.4, 0.5) is 11.4 Å². The molecule has 0 amide bonds. The number of nitrogens with one attached hydrogen (secondary N) is 1. The summed E-state index contributed by atoms with van der Waals surface area (Å²) in [6, 6.07) is 8.31. The van der Waals surface area contributed by atoms with Gasteiger partial charge in [-0.2, -0.15) is 0 Å². The number of hydrogen-bond donors (Lipinski definition) is 2. The van der Waals surface area contributed by atoms with Crippen molar-refractivity contribution in [1.82, 2.24) is 4.98 Å². The van der Waals surface area contributed by atoms with Crippen molar-refractivity contribution in [3.05, 3.63) is 47.2 Å². The summed E-state index contributed by atoms with van der Waals surface area (Å²) in [6.45, 7) is 0. The molecule has 0 fully saturated rings. The molecule has 2 rings (SSSR count). The molecule has 0 radical (unpaired) electrons. The van der Waals surface area contributed by atoms with Crippen molar-refractivity contribution in [2.24, 2.45) is 0 Å². The summed E-state index contributed by atoms with van der Waals surface area (Å²) in [6.07, 6.45) is 1.45. The van der Waals surface area contributed by atoms with Crippen molar-refractivity contribution < 1.29 is 14.6 Å². The number of ether oxygens (including phenoxy) is 1. The quantitative estimate of drug-likeness (QED) is 0.899. The van der Waals surface area contributed by atoms with E-state index >= 15 is 0 Å². The van der Waals surface area contributed by atoms with Gasteiger partial charge in [-0.25, -0.2) is 9.78 Å². The summed E-state index contributed by atoms with van der Waals surface area (Å²) >= 11 is 6.00. The van der Waals surface area contributed by atoms with Gasteiger partial charge in [-0.3, -0.25) is 0 Å². The van der Waals surface area contributed by atoms with Gasteiger partial charge in [0.05, 0.1) is 24.0 Å². The SMILES string of the molecule is COc1ccc(Nc2ccc(C(=O)O)nc2)cc1Cl. The Hall–Kier alpha value is -2.27. The fourth-order valence-electron chi connectivity index (χ4n) is 1.51. The third-order valence-electron chi connectivity index (χ3n) is 2.42. The maximum absolute atomic E-state index is 10.7. The third kappa shape index (κ3) is 3.14. The summed E-state index contributed by atoms with van der Waals surface area (Å²) in [5, 5.41) is 12.3. The Morgan fingerprint density at radius 2 is 2.05 bits per heavy atom. The maximum atomic E-state index is 10.7. The first kappa shape index (κ1) is 13.2. The number of nitrogens with zero attached hydrogens (tertiary/aromatic N) is 1. The lowest BCUT2D eigenvalue weighted by atomic mass is 10.2. The van der Waals surface area contributed by atoms with Crippen LogP contribution in [0.25, 0.3) is 0 Å². The molecule has 0 spiro atoms. The number of aromatic carboxylic acids is 1. The van der Waals surface area contributed by atoms with Crippen LogP contribution in [0.3, 0.4) is 0 Å². The van der Waals surface area contributed by atoms with Gasteiger partial charge in [-0.05, 0) is 30.3 Å². The average Bonchev–Trinajstić information content (AvgIpc) is 2.39. The van der Waals surface area contributed by atoms with Gasteiger partial charge in [0.2, 0.25) is 0 Å². The van der Waals surface area contributed by atoms with E-state index in [4.69, 9.17) is 21.4 Å². The van der Waals surface area contributed by atoms with Gasteiger partial charge in [-0.1, -0.05) is 11.6 Å². The molecule has 0 aliphatic carbocycles. The lowest BCUT2D eigenvalue weighted by Crippen LogP contribution is -2.00. The summed E-state index contributed by atoms with van der Waals surface area (Å²) in [7, 11) is 1.54. The van der Waals surface area contributed by atoms with Gasteiger partial charge >= 0.3 is 5.97 Å². The predicted octanol–water partition coefficient (Wildman–Crippen LogP) is 3.19. The molecule has 2 aromatic rings. The zero-order chi connectivity index (χ0) is 13.8. The number of anilines is 2. The highest BCUT2D eigenvalue weighted by Crippen LogP contribution is 2.28. The first-order valence-corrected chi connectivity index (χ1v) is 5.78. The van der Waals surface area contributed by atoms with Crippen LogP contribution in [0.2, 0.25) is 5.02 Å². The fraction of sp³-hybridized carbons (Fsp3) is 0.0769. The van der Waals surface area contributed by atoms with E-state index in [1.54, 1.807) is 31.4 Å². The standard InChI is InChI=1S/C13H11ClN2O3/c1-19-12-5-3-8(6-10(12)14)16-9-2-4-11(13(17)18)15-7-9/h2-7,16H,1H3,(H,17,18). The van der Waals surface area contributed by atoms with Crippen LogP contribution in [0.15, 0.2) is 36.5 Å². The summed E-state index contributed by atoms with van der Waals surface area (Å²) < 4.78 is 5.05. The highest BCUT2D eigenvalue weighted by atomic mass is 35.5. The van der Waals surface area contributed by atoms with Gasteiger partial charge in [0.25, 0.3) is 0 Å². The monoisotopic (exact) mass is 278 g/mol.